The third-order valence-electron chi connectivity index (χ3n) is 2.71. The zero-order valence-corrected chi connectivity index (χ0v) is 10.1. The molecule has 1 amide bonds. The highest BCUT2D eigenvalue weighted by atomic mass is 19.1. The molecular weight excluding hydrogens is 237 g/mol. The van der Waals surface area contributed by atoms with E-state index >= 15 is 0 Å². The standard InChI is InChI=1S/C12H16FN3O2/c1-18-11-5-10(9(14)4-8(11)13)15-6-12(17)16-7-2-3-7/h4-5,7,15H,2-3,6,14H2,1H3,(H,16,17). The van der Waals surface area contributed by atoms with Gasteiger partial charge in [-0.25, -0.2) is 4.39 Å². The second-order valence-electron chi connectivity index (χ2n) is 4.27. The Labute approximate surface area is 104 Å². The minimum Gasteiger partial charge on any atom is -0.494 e. The third-order valence-corrected chi connectivity index (χ3v) is 2.71. The molecule has 98 valence electrons. The van der Waals surface area contributed by atoms with Gasteiger partial charge in [-0.15, -0.1) is 0 Å². The molecule has 0 bridgehead atoms. The van der Waals surface area contributed by atoms with Crippen LogP contribution in [0.25, 0.3) is 0 Å². The molecule has 0 atom stereocenters. The van der Waals surface area contributed by atoms with E-state index in [-0.39, 0.29) is 23.9 Å². The molecular formula is C12H16FN3O2. The predicted octanol–water partition coefficient (Wildman–Crippen LogP) is 1.11. The van der Waals surface area contributed by atoms with E-state index in [4.69, 9.17) is 10.5 Å². The normalized spacial score (nSPS) is 14.1. The molecule has 2 rings (SSSR count). The highest BCUT2D eigenvalue weighted by Crippen LogP contribution is 2.27. The van der Waals surface area contributed by atoms with Crippen LogP contribution in [0.1, 0.15) is 12.8 Å². The minimum absolute atomic E-state index is 0.0919. The van der Waals surface area contributed by atoms with Gasteiger partial charge in [0.15, 0.2) is 11.6 Å². The Balaban J connectivity index is 1.97. The zero-order valence-electron chi connectivity index (χ0n) is 10.1. The average molecular weight is 253 g/mol. The smallest absolute Gasteiger partial charge is 0.239 e. The van der Waals surface area contributed by atoms with Crippen molar-refractivity contribution >= 4 is 17.3 Å². The number of anilines is 2. The molecule has 0 unspecified atom stereocenters. The average Bonchev–Trinajstić information content (AvgIpc) is 3.12. The van der Waals surface area contributed by atoms with E-state index < -0.39 is 5.82 Å². The van der Waals surface area contributed by atoms with Crippen molar-refractivity contribution in [1.29, 1.82) is 0 Å². The molecule has 0 saturated heterocycles. The Morgan fingerprint density at radius 1 is 1.56 bits per heavy atom. The number of carbonyl (C=O) groups excluding carboxylic acids is 1. The van der Waals surface area contributed by atoms with Gasteiger partial charge < -0.3 is 21.1 Å². The first-order chi connectivity index (χ1) is 8.60. The summed E-state index contributed by atoms with van der Waals surface area (Å²) in [5.74, 6) is -0.530. The number of methoxy groups -OCH3 is 1. The van der Waals surface area contributed by atoms with Crippen molar-refractivity contribution in [3.05, 3.63) is 17.9 Å². The van der Waals surface area contributed by atoms with Crippen LogP contribution in [0.3, 0.4) is 0 Å². The number of benzene rings is 1. The molecule has 1 fully saturated rings. The fourth-order valence-corrected chi connectivity index (χ4v) is 1.56. The summed E-state index contributed by atoms with van der Waals surface area (Å²) in [6.07, 6.45) is 2.08. The number of nitrogens with two attached hydrogens (primary N) is 1. The van der Waals surface area contributed by atoms with Crippen LogP contribution in [0.2, 0.25) is 0 Å². The van der Waals surface area contributed by atoms with Crippen molar-refractivity contribution in [2.24, 2.45) is 0 Å². The van der Waals surface area contributed by atoms with E-state index in [1.807, 2.05) is 0 Å². The Kier molecular flexibility index (Phi) is 3.55. The van der Waals surface area contributed by atoms with Gasteiger partial charge in [-0.05, 0) is 12.8 Å². The van der Waals surface area contributed by atoms with Gasteiger partial charge in [0.2, 0.25) is 5.91 Å². The Morgan fingerprint density at radius 3 is 2.89 bits per heavy atom. The number of hydrogen-bond donors (Lipinski definition) is 3. The zero-order chi connectivity index (χ0) is 13.1. The second-order valence-corrected chi connectivity index (χ2v) is 4.27. The topological polar surface area (TPSA) is 76.4 Å². The molecule has 5 nitrogen and oxygen atoms in total. The number of nitrogens with one attached hydrogen (secondary N) is 2. The van der Waals surface area contributed by atoms with Crippen LogP contribution in [-0.4, -0.2) is 25.6 Å². The van der Waals surface area contributed by atoms with Crippen LogP contribution in [0, 0.1) is 5.82 Å². The maximum atomic E-state index is 13.3. The highest BCUT2D eigenvalue weighted by Gasteiger charge is 2.23. The van der Waals surface area contributed by atoms with Gasteiger partial charge in [0.25, 0.3) is 0 Å². The summed E-state index contributed by atoms with van der Waals surface area (Å²) >= 11 is 0. The van der Waals surface area contributed by atoms with Crippen LogP contribution in [0.15, 0.2) is 12.1 Å². The summed E-state index contributed by atoms with van der Waals surface area (Å²) < 4.78 is 18.1. The van der Waals surface area contributed by atoms with Gasteiger partial charge in [0.05, 0.1) is 25.0 Å². The molecule has 1 aliphatic carbocycles. The quantitative estimate of drug-likeness (QED) is 0.687. The summed E-state index contributed by atoms with van der Waals surface area (Å²) in [4.78, 5) is 11.5. The molecule has 0 heterocycles. The number of hydrogen-bond acceptors (Lipinski definition) is 4. The fourth-order valence-electron chi connectivity index (χ4n) is 1.56. The molecule has 1 aliphatic rings. The molecule has 0 radical (unpaired) electrons. The van der Waals surface area contributed by atoms with Gasteiger partial charge in [-0.2, -0.15) is 0 Å². The fraction of sp³-hybridized carbons (Fsp3) is 0.417. The molecule has 0 spiro atoms. The van der Waals surface area contributed by atoms with Crippen molar-refractivity contribution in [3.63, 3.8) is 0 Å². The first-order valence-electron chi connectivity index (χ1n) is 5.76. The van der Waals surface area contributed by atoms with Gasteiger partial charge in [0.1, 0.15) is 0 Å². The second kappa shape index (κ2) is 5.12. The molecule has 0 aliphatic heterocycles. The number of rotatable bonds is 5. The minimum atomic E-state index is -0.525. The predicted molar refractivity (Wildman–Crippen MR) is 67.0 cm³/mol. The van der Waals surface area contributed by atoms with Gasteiger partial charge in [0, 0.05) is 18.2 Å². The van der Waals surface area contributed by atoms with E-state index in [1.165, 1.54) is 19.2 Å². The molecule has 1 aromatic rings. The number of carbonyl (C=O) groups is 1. The van der Waals surface area contributed by atoms with Crippen LogP contribution in [0.4, 0.5) is 15.8 Å². The summed E-state index contributed by atoms with van der Waals surface area (Å²) in [6, 6.07) is 2.93. The van der Waals surface area contributed by atoms with Crippen molar-refractivity contribution in [2.45, 2.75) is 18.9 Å². The van der Waals surface area contributed by atoms with Crippen LogP contribution in [-0.2, 0) is 4.79 Å². The van der Waals surface area contributed by atoms with E-state index in [0.29, 0.717) is 11.7 Å². The summed E-state index contributed by atoms with van der Waals surface area (Å²) in [5.41, 5.74) is 6.38. The van der Waals surface area contributed by atoms with Gasteiger partial charge in [-0.1, -0.05) is 0 Å². The van der Waals surface area contributed by atoms with Crippen LogP contribution in [0.5, 0.6) is 5.75 Å². The SMILES string of the molecule is COc1cc(NCC(=O)NC2CC2)c(N)cc1F. The number of nitrogen functional groups attached to an aromatic ring is 1. The summed E-state index contributed by atoms with van der Waals surface area (Å²) in [5, 5.41) is 5.70. The number of amides is 1. The lowest BCUT2D eigenvalue weighted by molar-refractivity contribution is -0.119. The van der Waals surface area contributed by atoms with E-state index in [0.717, 1.165) is 12.8 Å². The van der Waals surface area contributed by atoms with Crippen LogP contribution < -0.4 is 21.1 Å². The number of halogens is 1. The first-order valence-corrected chi connectivity index (χ1v) is 5.76. The maximum absolute atomic E-state index is 13.3. The molecule has 0 aromatic heterocycles. The van der Waals surface area contributed by atoms with E-state index in [2.05, 4.69) is 10.6 Å². The molecule has 1 saturated carbocycles. The Hall–Kier alpha value is -1.98. The van der Waals surface area contributed by atoms with E-state index in [9.17, 15) is 9.18 Å². The van der Waals surface area contributed by atoms with Crippen molar-refractivity contribution < 1.29 is 13.9 Å². The Bertz CT molecular complexity index is 461. The Morgan fingerprint density at radius 2 is 2.28 bits per heavy atom. The van der Waals surface area contributed by atoms with Crippen molar-refractivity contribution in [3.8, 4) is 5.75 Å². The molecule has 6 heteroatoms. The lowest BCUT2D eigenvalue weighted by Gasteiger charge is -2.11. The highest BCUT2D eigenvalue weighted by molar-refractivity contribution is 5.83. The molecule has 4 N–H and O–H groups in total. The molecule has 1 aromatic carbocycles. The summed E-state index contributed by atoms with van der Waals surface area (Å²) in [6.45, 7) is 0.107. The lowest BCUT2D eigenvalue weighted by atomic mass is 10.2. The van der Waals surface area contributed by atoms with Crippen LogP contribution >= 0.6 is 0 Å². The first kappa shape index (κ1) is 12.5. The largest absolute Gasteiger partial charge is 0.494 e. The van der Waals surface area contributed by atoms with Crippen molar-refractivity contribution in [2.75, 3.05) is 24.7 Å². The maximum Gasteiger partial charge on any atom is 0.239 e. The lowest BCUT2D eigenvalue weighted by Crippen LogP contribution is -2.31. The monoisotopic (exact) mass is 253 g/mol. The van der Waals surface area contributed by atoms with Gasteiger partial charge >= 0.3 is 0 Å². The van der Waals surface area contributed by atoms with Gasteiger partial charge in [-0.3, -0.25) is 4.79 Å². The van der Waals surface area contributed by atoms with Crippen molar-refractivity contribution in [1.82, 2.24) is 5.32 Å². The number of ether oxygens (including phenoxy) is 1. The van der Waals surface area contributed by atoms with E-state index in [1.54, 1.807) is 0 Å². The molecule has 18 heavy (non-hydrogen) atoms. The third kappa shape index (κ3) is 3.03. The summed E-state index contributed by atoms with van der Waals surface area (Å²) in [7, 11) is 1.37.